The molecule has 0 aliphatic carbocycles. The topological polar surface area (TPSA) is 26.7 Å². The molecule has 100 valence electrons. The Hall–Kier alpha value is -1.06. The standard InChI is InChI=1S/C15H24N2O/c1-12(18)14-6-4-5-7-15(14)17-10-8-13(9-11-17)16(2)3/h4-7,12-13,18H,8-11H2,1-3H3/t12-/m0/s1. The summed E-state index contributed by atoms with van der Waals surface area (Å²) in [6.07, 6.45) is 2.00. The van der Waals surface area contributed by atoms with E-state index in [0.29, 0.717) is 6.04 Å². The van der Waals surface area contributed by atoms with Crippen molar-refractivity contribution in [2.75, 3.05) is 32.1 Å². The van der Waals surface area contributed by atoms with Crippen LogP contribution in [0.1, 0.15) is 31.4 Å². The maximum atomic E-state index is 9.84. The summed E-state index contributed by atoms with van der Waals surface area (Å²) in [6, 6.07) is 8.90. The lowest BCUT2D eigenvalue weighted by atomic mass is 10.0. The monoisotopic (exact) mass is 248 g/mol. The minimum absolute atomic E-state index is 0.396. The molecule has 0 aromatic heterocycles. The Balaban J connectivity index is 2.10. The third kappa shape index (κ3) is 2.85. The van der Waals surface area contributed by atoms with E-state index in [4.69, 9.17) is 0 Å². The summed E-state index contributed by atoms with van der Waals surface area (Å²) in [6.45, 7) is 3.99. The number of hydrogen-bond acceptors (Lipinski definition) is 3. The van der Waals surface area contributed by atoms with Gasteiger partial charge in [-0.25, -0.2) is 0 Å². The molecular weight excluding hydrogens is 224 g/mol. The third-order valence-electron chi connectivity index (χ3n) is 3.92. The molecule has 1 heterocycles. The fourth-order valence-corrected chi connectivity index (χ4v) is 2.75. The van der Waals surface area contributed by atoms with Crippen LogP contribution in [0.2, 0.25) is 0 Å². The summed E-state index contributed by atoms with van der Waals surface area (Å²) in [5, 5.41) is 9.84. The maximum absolute atomic E-state index is 9.84. The molecule has 1 aliphatic heterocycles. The Morgan fingerprint density at radius 2 is 1.83 bits per heavy atom. The zero-order chi connectivity index (χ0) is 13.1. The molecule has 3 heteroatoms. The number of rotatable bonds is 3. The van der Waals surface area contributed by atoms with E-state index >= 15 is 0 Å². The fourth-order valence-electron chi connectivity index (χ4n) is 2.75. The number of nitrogens with zero attached hydrogens (tertiary/aromatic N) is 2. The lowest BCUT2D eigenvalue weighted by Gasteiger charge is -2.37. The van der Waals surface area contributed by atoms with Crippen LogP contribution >= 0.6 is 0 Å². The van der Waals surface area contributed by atoms with Crippen LogP contribution < -0.4 is 4.90 Å². The van der Waals surface area contributed by atoms with Crippen molar-refractivity contribution in [3.63, 3.8) is 0 Å². The number of hydrogen-bond donors (Lipinski definition) is 1. The number of benzene rings is 1. The molecule has 0 bridgehead atoms. The van der Waals surface area contributed by atoms with Crippen LogP contribution in [-0.2, 0) is 0 Å². The van der Waals surface area contributed by atoms with Crippen LogP contribution in [0.3, 0.4) is 0 Å². The molecule has 0 amide bonds. The smallest absolute Gasteiger partial charge is 0.0781 e. The zero-order valence-corrected chi connectivity index (χ0v) is 11.6. The maximum Gasteiger partial charge on any atom is 0.0781 e. The highest BCUT2D eigenvalue weighted by molar-refractivity contribution is 5.54. The van der Waals surface area contributed by atoms with E-state index in [9.17, 15) is 5.11 Å². The van der Waals surface area contributed by atoms with Crippen LogP contribution in [0.5, 0.6) is 0 Å². The van der Waals surface area contributed by atoms with Crippen LogP contribution in [0, 0.1) is 0 Å². The molecule has 18 heavy (non-hydrogen) atoms. The lowest BCUT2D eigenvalue weighted by Crippen LogP contribution is -2.42. The Kier molecular flexibility index (Phi) is 4.25. The SMILES string of the molecule is C[C@H](O)c1ccccc1N1CCC(N(C)C)CC1. The zero-order valence-electron chi connectivity index (χ0n) is 11.6. The van der Waals surface area contributed by atoms with Crippen molar-refractivity contribution in [2.24, 2.45) is 0 Å². The first-order valence-electron chi connectivity index (χ1n) is 6.78. The minimum Gasteiger partial charge on any atom is -0.389 e. The first-order valence-corrected chi connectivity index (χ1v) is 6.78. The van der Waals surface area contributed by atoms with E-state index in [1.807, 2.05) is 19.1 Å². The second-order valence-corrected chi connectivity index (χ2v) is 5.42. The molecule has 1 aromatic carbocycles. The molecule has 1 aromatic rings. The highest BCUT2D eigenvalue weighted by atomic mass is 16.3. The van der Waals surface area contributed by atoms with Gasteiger partial charge in [-0.05, 0) is 39.9 Å². The van der Waals surface area contributed by atoms with E-state index in [2.05, 4.69) is 36.0 Å². The van der Waals surface area contributed by atoms with Gasteiger partial charge in [0.05, 0.1) is 6.10 Å². The first kappa shape index (κ1) is 13.4. The summed E-state index contributed by atoms with van der Waals surface area (Å²) in [7, 11) is 4.31. The Morgan fingerprint density at radius 3 is 2.39 bits per heavy atom. The molecule has 1 N–H and O–H groups in total. The van der Waals surface area contributed by atoms with Crippen LogP contribution in [0.15, 0.2) is 24.3 Å². The van der Waals surface area contributed by atoms with Crippen LogP contribution in [-0.4, -0.2) is 43.2 Å². The van der Waals surface area contributed by atoms with Gasteiger partial charge in [0.15, 0.2) is 0 Å². The van der Waals surface area contributed by atoms with Crippen molar-refractivity contribution in [1.29, 1.82) is 0 Å². The van der Waals surface area contributed by atoms with Crippen molar-refractivity contribution in [3.8, 4) is 0 Å². The van der Waals surface area contributed by atoms with Crippen molar-refractivity contribution >= 4 is 5.69 Å². The van der Waals surface area contributed by atoms with Gasteiger partial charge in [-0.15, -0.1) is 0 Å². The van der Waals surface area contributed by atoms with Crippen molar-refractivity contribution in [1.82, 2.24) is 4.90 Å². The number of aliphatic hydroxyl groups excluding tert-OH is 1. The molecule has 2 rings (SSSR count). The van der Waals surface area contributed by atoms with Gasteiger partial charge in [-0.2, -0.15) is 0 Å². The van der Waals surface area contributed by atoms with Gasteiger partial charge in [-0.3, -0.25) is 0 Å². The molecule has 1 atom stereocenters. The minimum atomic E-state index is -0.396. The van der Waals surface area contributed by atoms with Crippen molar-refractivity contribution in [3.05, 3.63) is 29.8 Å². The van der Waals surface area contributed by atoms with Gasteiger partial charge in [0.1, 0.15) is 0 Å². The van der Waals surface area contributed by atoms with E-state index < -0.39 is 6.10 Å². The van der Waals surface area contributed by atoms with E-state index in [1.54, 1.807) is 0 Å². The average Bonchev–Trinajstić information content (AvgIpc) is 2.39. The van der Waals surface area contributed by atoms with E-state index in [0.717, 1.165) is 18.7 Å². The van der Waals surface area contributed by atoms with E-state index in [1.165, 1.54) is 18.5 Å². The average molecular weight is 248 g/mol. The number of aliphatic hydroxyl groups is 1. The van der Waals surface area contributed by atoms with Crippen molar-refractivity contribution < 1.29 is 5.11 Å². The summed E-state index contributed by atoms with van der Waals surface area (Å²) >= 11 is 0. The molecule has 1 aliphatic rings. The molecule has 0 unspecified atom stereocenters. The Bertz CT molecular complexity index is 382. The van der Waals surface area contributed by atoms with Crippen LogP contribution in [0.4, 0.5) is 5.69 Å². The second kappa shape index (κ2) is 5.72. The summed E-state index contributed by atoms with van der Waals surface area (Å²) < 4.78 is 0. The molecule has 0 saturated carbocycles. The van der Waals surface area contributed by atoms with Gasteiger partial charge in [0.2, 0.25) is 0 Å². The molecular formula is C15H24N2O. The van der Waals surface area contributed by atoms with Gasteiger partial charge in [-0.1, -0.05) is 18.2 Å². The number of anilines is 1. The molecule has 0 radical (unpaired) electrons. The largest absolute Gasteiger partial charge is 0.389 e. The highest BCUT2D eigenvalue weighted by Crippen LogP contribution is 2.29. The first-order chi connectivity index (χ1) is 8.59. The summed E-state index contributed by atoms with van der Waals surface area (Å²) in [5.41, 5.74) is 2.24. The molecule has 3 nitrogen and oxygen atoms in total. The van der Waals surface area contributed by atoms with Crippen LogP contribution in [0.25, 0.3) is 0 Å². The molecule has 1 saturated heterocycles. The van der Waals surface area contributed by atoms with Gasteiger partial charge in [0, 0.05) is 30.4 Å². The van der Waals surface area contributed by atoms with Crippen molar-refractivity contribution in [2.45, 2.75) is 31.9 Å². The van der Waals surface area contributed by atoms with E-state index in [-0.39, 0.29) is 0 Å². The molecule has 1 fully saturated rings. The van der Waals surface area contributed by atoms with Gasteiger partial charge >= 0.3 is 0 Å². The quantitative estimate of drug-likeness (QED) is 0.889. The lowest BCUT2D eigenvalue weighted by molar-refractivity contribution is 0.199. The predicted octanol–water partition coefficient (Wildman–Crippen LogP) is 2.27. The molecule has 0 spiro atoms. The number of piperidine rings is 1. The highest BCUT2D eigenvalue weighted by Gasteiger charge is 2.22. The predicted molar refractivity (Wildman–Crippen MR) is 76.0 cm³/mol. The summed E-state index contributed by atoms with van der Waals surface area (Å²) in [5.74, 6) is 0. The Labute approximate surface area is 110 Å². The Morgan fingerprint density at radius 1 is 1.22 bits per heavy atom. The fraction of sp³-hybridized carbons (Fsp3) is 0.600. The van der Waals surface area contributed by atoms with Gasteiger partial charge < -0.3 is 14.9 Å². The third-order valence-corrected chi connectivity index (χ3v) is 3.92. The summed E-state index contributed by atoms with van der Waals surface area (Å²) in [4.78, 5) is 4.72. The number of para-hydroxylation sites is 1. The van der Waals surface area contributed by atoms with Gasteiger partial charge in [0.25, 0.3) is 0 Å². The normalized spacial score (nSPS) is 19.3. The second-order valence-electron chi connectivity index (χ2n) is 5.42.